The van der Waals surface area contributed by atoms with Crippen molar-refractivity contribution in [3.63, 3.8) is 0 Å². The topological polar surface area (TPSA) is 12.0 Å². The van der Waals surface area contributed by atoms with Gasteiger partial charge in [-0.05, 0) is 36.5 Å². The third-order valence-corrected chi connectivity index (χ3v) is 6.23. The molecule has 0 radical (unpaired) electrons. The van der Waals surface area contributed by atoms with Crippen LogP contribution >= 0.6 is 23.1 Å². The largest absolute Gasteiger partial charge is 0.308 e. The summed E-state index contributed by atoms with van der Waals surface area (Å²) in [5.74, 6) is 0.660. The fourth-order valence-electron chi connectivity index (χ4n) is 2.45. The zero-order chi connectivity index (χ0) is 12.3. The molecule has 96 valence electrons. The fourth-order valence-corrected chi connectivity index (χ4v) is 4.35. The Labute approximate surface area is 113 Å². The Bertz CT molecular complexity index is 322. The Hall–Kier alpha value is 0.01000. The molecule has 3 heteroatoms. The van der Waals surface area contributed by atoms with Gasteiger partial charge in [0.2, 0.25) is 0 Å². The zero-order valence-electron chi connectivity index (χ0n) is 11.0. The van der Waals surface area contributed by atoms with E-state index in [9.17, 15) is 0 Å². The van der Waals surface area contributed by atoms with Crippen LogP contribution in [0, 0.1) is 5.92 Å². The SMILES string of the molecule is CSC1(CNC(c2cccs2)C(C)C)CCC1. The summed E-state index contributed by atoms with van der Waals surface area (Å²) in [6.45, 7) is 5.78. The van der Waals surface area contributed by atoms with Gasteiger partial charge in [-0.2, -0.15) is 11.8 Å². The Balaban J connectivity index is 1.95. The minimum atomic E-state index is 0.527. The fraction of sp³-hybridized carbons (Fsp3) is 0.714. The van der Waals surface area contributed by atoms with Crippen LogP contribution in [0.4, 0.5) is 0 Å². The molecule has 1 aromatic heterocycles. The van der Waals surface area contributed by atoms with Crippen molar-refractivity contribution in [2.45, 2.75) is 43.9 Å². The van der Waals surface area contributed by atoms with Gasteiger partial charge < -0.3 is 5.32 Å². The first-order valence-corrected chi connectivity index (χ1v) is 8.59. The van der Waals surface area contributed by atoms with E-state index in [-0.39, 0.29) is 0 Å². The minimum Gasteiger partial charge on any atom is -0.308 e. The van der Waals surface area contributed by atoms with Crippen LogP contribution in [0.3, 0.4) is 0 Å². The van der Waals surface area contributed by atoms with Gasteiger partial charge in [0.1, 0.15) is 0 Å². The Morgan fingerprint density at radius 3 is 2.65 bits per heavy atom. The summed E-state index contributed by atoms with van der Waals surface area (Å²) in [7, 11) is 0. The highest BCUT2D eigenvalue weighted by Crippen LogP contribution is 2.42. The van der Waals surface area contributed by atoms with E-state index in [4.69, 9.17) is 0 Å². The summed E-state index contributed by atoms with van der Waals surface area (Å²) >= 11 is 3.92. The summed E-state index contributed by atoms with van der Waals surface area (Å²) in [6, 6.07) is 4.94. The number of thiophene rings is 1. The first kappa shape index (κ1) is 13.4. The van der Waals surface area contributed by atoms with Gasteiger partial charge in [-0.15, -0.1) is 11.3 Å². The van der Waals surface area contributed by atoms with Crippen molar-refractivity contribution in [3.05, 3.63) is 22.4 Å². The molecule has 0 saturated heterocycles. The van der Waals surface area contributed by atoms with Crippen LogP contribution in [-0.2, 0) is 0 Å². The van der Waals surface area contributed by atoms with Crippen LogP contribution in [0.15, 0.2) is 17.5 Å². The molecule has 1 saturated carbocycles. The number of thioether (sulfide) groups is 1. The Kier molecular flexibility index (Phi) is 4.56. The van der Waals surface area contributed by atoms with Crippen molar-refractivity contribution >= 4 is 23.1 Å². The van der Waals surface area contributed by atoms with E-state index in [0.29, 0.717) is 16.7 Å². The molecule has 0 spiro atoms. The van der Waals surface area contributed by atoms with Crippen molar-refractivity contribution in [1.82, 2.24) is 5.32 Å². The van der Waals surface area contributed by atoms with Crippen LogP contribution < -0.4 is 5.32 Å². The Morgan fingerprint density at radius 2 is 2.24 bits per heavy atom. The van der Waals surface area contributed by atoms with Crippen molar-refractivity contribution < 1.29 is 0 Å². The molecule has 1 aliphatic rings. The van der Waals surface area contributed by atoms with Crippen LogP contribution in [0.1, 0.15) is 44.0 Å². The predicted molar refractivity (Wildman–Crippen MR) is 80.0 cm³/mol. The molecule has 1 nitrogen and oxygen atoms in total. The van der Waals surface area contributed by atoms with Gasteiger partial charge in [0.15, 0.2) is 0 Å². The van der Waals surface area contributed by atoms with Crippen LogP contribution in [0.5, 0.6) is 0 Å². The molecule has 0 amide bonds. The predicted octanol–water partition coefficient (Wildman–Crippen LogP) is 4.32. The van der Waals surface area contributed by atoms with E-state index in [1.54, 1.807) is 0 Å². The maximum Gasteiger partial charge on any atom is 0.0438 e. The lowest BCUT2D eigenvalue weighted by Crippen LogP contribution is -2.45. The lowest BCUT2D eigenvalue weighted by molar-refractivity contribution is 0.310. The zero-order valence-corrected chi connectivity index (χ0v) is 12.7. The smallest absolute Gasteiger partial charge is 0.0438 e. The molecule has 0 aliphatic heterocycles. The molecule has 2 rings (SSSR count). The molecule has 1 heterocycles. The van der Waals surface area contributed by atoms with Gasteiger partial charge in [-0.1, -0.05) is 26.3 Å². The summed E-state index contributed by atoms with van der Waals surface area (Å²) in [5, 5.41) is 5.99. The maximum atomic E-state index is 3.80. The first-order valence-electron chi connectivity index (χ1n) is 6.49. The van der Waals surface area contributed by atoms with Crippen molar-refractivity contribution in [2.75, 3.05) is 12.8 Å². The highest BCUT2D eigenvalue weighted by molar-refractivity contribution is 8.00. The minimum absolute atomic E-state index is 0.527. The molecule has 0 bridgehead atoms. The van der Waals surface area contributed by atoms with Crippen LogP contribution in [0.2, 0.25) is 0 Å². The van der Waals surface area contributed by atoms with Gasteiger partial charge in [-0.25, -0.2) is 0 Å². The van der Waals surface area contributed by atoms with Crippen LogP contribution in [-0.4, -0.2) is 17.5 Å². The Morgan fingerprint density at radius 1 is 1.47 bits per heavy atom. The molecule has 1 atom stereocenters. The number of hydrogen-bond donors (Lipinski definition) is 1. The average molecular weight is 269 g/mol. The third-order valence-electron chi connectivity index (χ3n) is 3.86. The number of rotatable bonds is 6. The summed E-state index contributed by atoms with van der Waals surface area (Å²) in [4.78, 5) is 1.48. The quantitative estimate of drug-likeness (QED) is 0.825. The number of nitrogens with one attached hydrogen (secondary N) is 1. The molecule has 1 unspecified atom stereocenters. The normalized spacial score (nSPS) is 20.2. The van der Waals surface area contributed by atoms with E-state index < -0.39 is 0 Å². The highest BCUT2D eigenvalue weighted by Gasteiger charge is 2.36. The van der Waals surface area contributed by atoms with Crippen molar-refractivity contribution in [3.8, 4) is 0 Å². The van der Waals surface area contributed by atoms with Crippen molar-refractivity contribution in [2.24, 2.45) is 5.92 Å². The third kappa shape index (κ3) is 3.07. The monoisotopic (exact) mass is 269 g/mol. The molecular weight excluding hydrogens is 246 g/mol. The standard InChI is InChI=1S/C14H23NS2/c1-11(2)13(12-6-4-9-17-12)15-10-14(16-3)7-5-8-14/h4,6,9,11,13,15H,5,7-8,10H2,1-3H3. The van der Waals surface area contributed by atoms with E-state index in [0.717, 1.165) is 6.54 Å². The molecule has 1 aliphatic carbocycles. The summed E-state index contributed by atoms with van der Waals surface area (Å²) in [5.41, 5.74) is 0. The molecule has 1 N–H and O–H groups in total. The summed E-state index contributed by atoms with van der Waals surface area (Å²) < 4.78 is 0.532. The van der Waals surface area contributed by atoms with E-state index in [1.807, 2.05) is 11.3 Å². The van der Waals surface area contributed by atoms with Gasteiger partial charge >= 0.3 is 0 Å². The lowest BCUT2D eigenvalue weighted by Gasteiger charge is -2.42. The lowest BCUT2D eigenvalue weighted by atomic mass is 9.83. The molecule has 1 fully saturated rings. The first-order chi connectivity index (χ1) is 8.17. The van der Waals surface area contributed by atoms with Crippen molar-refractivity contribution in [1.29, 1.82) is 0 Å². The van der Waals surface area contributed by atoms with Gasteiger partial charge in [0.05, 0.1) is 0 Å². The van der Waals surface area contributed by atoms with Crippen LogP contribution in [0.25, 0.3) is 0 Å². The van der Waals surface area contributed by atoms with E-state index in [2.05, 4.69) is 54.7 Å². The maximum absolute atomic E-state index is 3.80. The molecule has 17 heavy (non-hydrogen) atoms. The second-order valence-corrected chi connectivity index (χ2v) is 7.61. The van der Waals surface area contributed by atoms with Gasteiger partial charge in [-0.3, -0.25) is 0 Å². The average Bonchev–Trinajstić information content (AvgIpc) is 2.74. The highest BCUT2D eigenvalue weighted by atomic mass is 32.2. The number of hydrogen-bond acceptors (Lipinski definition) is 3. The van der Waals surface area contributed by atoms with E-state index in [1.165, 1.54) is 24.1 Å². The molecule has 0 aromatic carbocycles. The van der Waals surface area contributed by atoms with Gasteiger partial charge in [0.25, 0.3) is 0 Å². The molecular formula is C14H23NS2. The van der Waals surface area contributed by atoms with Gasteiger partial charge in [0, 0.05) is 22.2 Å². The second kappa shape index (κ2) is 5.77. The second-order valence-electron chi connectivity index (χ2n) is 5.36. The summed E-state index contributed by atoms with van der Waals surface area (Å²) in [6.07, 6.45) is 6.44. The molecule has 1 aromatic rings. The van der Waals surface area contributed by atoms with E-state index >= 15 is 0 Å².